The second kappa shape index (κ2) is 4.83. The molecule has 0 aliphatic carbocycles. The lowest BCUT2D eigenvalue weighted by Gasteiger charge is -2.31. The van der Waals surface area contributed by atoms with Crippen LogP contribution in [-0.4, -0.2) is 35.3 Å². The van der Waals surface area contributed by atoms with Gasteiger partial charge in [-0.15, -0.1) is 0 Å². The molecule has 0 aromatic rings. The summed E-state index contributed by atoms with van der Waals surface area (Å²) in [6.45, 7) is 5.85. The summed E-state index contributed by atoms with van der Waals surface area (Å²) in [4.78, 5) is 35.6. The highest BCUT2D eigenvalue weighted by atomic mass is 16.2. The van der Waals surface area contributed by atoms with Crippen LogP contribution in [0.1, 0.15) is 33.6 Å². The lowest BCUT2D eigenvalue weighted by Crippen LogP contribution is -2.57. The van der Waals surface area contributed by atoms with Gasteiger partial charge in [0.1, 0.15) is 0 Å². The molecule has 1 unspecified atom stereocenters. The highest BCUT2D eigenvalue weighted by molar-refractivity contribution is 5.98. The summed E-state index contributed by atoms with van der Waals surface area (Å²) in [5.41, 5.74) is 4.93. The normalized spacial score (nSPS) is 21.5. The maximum absolute atomic E-state index is 11.8. The lowest BCUT2D eigenvalue weighted by molar-refractivity contribution is -0.150. The van der Waals surface area contributed by atoms with Crippen LogP contribution < -0.4 is 11.1 Å². The van der Waals surface area contributed by atoms with Crippen LogP contribution in [0.2, 0.25) is 0 Å². The molecule has 1 rings (SSSR count). The summed E-state index contributed by atoms with van der Waals surface area (Å²) in [7, 11) is 0. The zero-order valence-corrected chi connectivity index (χ0v) is 10.4. The molecule has 3 N–H and O–H groups in total. The van der Waals surface area contributed by atoms with Crippen molar-refractivity contribution in [2.75, 3.05) is 6.67 Å². The maximum atomic E-state index is 11.8. The Kier molecular flexibility index (Phi) is 3.87. The van der Waals surface area contributed by atoms with Crippen molar-refractivity contribution in [2.45, 2.75) is 39.7 Å². The fraction of sp³-hybridized carbons (Fsp3) is 0.727. The van der Waals surface area contributed by atoms with E-state index in [4.69, 9.17) is 5.73 Å². The fourth-order valence-electron chi connectivity index (χ4n) is 1.62. The summed E-state index contributed by atoms with van der Waals surface area (Å²) in [5.74, 6) is -1.14. The van der Waals surface area contributed by atoms with Gasteiger partial charge in [-0.25, -0.2) is 0 Å². The van der Waals surface area contributed by atoms with Crippen molar-refractivity contribution in [1.29, 1.82) is 0 Å². The van der Waals surface area contributed by atoms with E-state index in [1.54, 1.807) is 0 Å². The van der Waals surface area contributed by atoms with E-state index in [9.17, 15) is 14.4 Å². The molecule has 6 nitrogen and oxygen atoms in total. The van der Waals surface area contributed by atoms with Crippen molar-refractivity contribution in [3.8, 4) is 0 Å². The average Bonchev–Trinajstić information content (AvgIpc) is 2.14. The number of carbonyl (C=O) groups is 3. The Morgan fingerprint density at radius 2 is 2.06 bits per heavy atom. The van der Waals surface area contributed by atoms with Crippen LogP contribution in [0.25, 0.3) is 0 Å². The number of imide groups is 1. The van der Waals surface area contributed by atoms with Crippen LogP contribution in [0.3, 0.4) is 0 Å². The van der Waals surface area contributed by atoms with Crippen LogP contribution in [0, 0.1) is 5.41 Å². The zero-order valence-electron chi connectivity index (χ0n) is 10.4. The Hall–Kier alpha value is -1.43. The van der Waals surface area contributed by atoms with Crippen LogP contribution >= 0.6 is 0 Å². The number of nitrogens with zero attached hydrogens (tertiary/aromatic N) is 1. The van der Waals surface area contributed by atoms with Crippen LogP contribution in [0.4, 0.5) is 0 Å². The van der Waals surface area contributed by atoms with Gasteiger partial charge < -0.3 is 5.73 Å². The second-order valence-electron chi connectivity index (χ2n) is 5.47. The molecule has 3 amide bonds. The van der Waals surface area contributed by atoms with Gasteiger partial charge >= 0.3 is 0 Å². The summed E-state index contributed by atoms with van der Waals surface area (Å²) in [5, 5.41) is 2.78. The maximum Gasteiger partial charge on any atom is 0.235 e. The Balaban J connectivity index is 2.61. The zero-order chi connectivity index (χ0) is 13.2. The minimum atomic E-state index is -0.666. The third kappa shape index (κ3) is 3.81. The van der Waals surface area contributed by atoms with E-state index in [0.29, 0.717) is 6.42 Å². The van der Waals surface area contributed by atoms with Gasteiger partial charge in [-0.2, -0.15) is 0 Å². The van der Waals surface area contributed by atoms with Gasteiger partial charge in [-0.3, -0.25) is 24.6 Å². The molecular formula is C11H19N3O3. The molecule has 6 heteroatoms. The predicted octanol–water partition coefficient (Wildman–Crippen LogP) is -0.417. The van der Waals surface area contributed by atoms with Crippen molar-refractivity contribution in [3.05, 3.63) is 0 Å². The SMILES string of the molecule is CC(C)(C)CC(=O)N1CNC(C(N)=O)CC1=O. The molecule has 0 aromatic heterocycles. The Labute approximate surface area is 101 Å². The third-order valence-corrected chi connectivity index (χ3v) is 2.50. The largest absolute Gasteiger partial charge is 0.368 e. The molecule has 1 saturated heterocycles. The number of amides is 3. The van der Waals surface area contributed by atoms with Crippen LogP contribution in [0.5, 0.6) is 0 Å². The van der Waals surface area contributed by atoms with Crippen molar-refractivity contribution in [2.24, 2.45) is 11.1 Å². The fourth-order valence-corrected chi connectivity index (χ4v) is 1.62. The summed E-state index contributed by atoms with van der Waals surface area (Å²) >= 11 is 0. The van der Waals surface area contributed by atoms with E-state index < -0.39 is 11.9 Å². The third-order valence-electron chi connectivity index (χ3n) is 2.50. The minimum Gasteiger partial charge on any atom is -0.368 e. The molecule has 1 atom stereocenters. The van der Waals surface area contributed by atoms with Crippen molar-refractivity contribution < 1.29 is 14.4 Å². The number of nitrogens with one attached hydrogen (secondary N) is 1. The van der Waals surface area contributed by atoms with E-state index in [1.165, 1.54) is 0 Å². The molecule has 17 heavy (non-hydrogen) atoms. The van der Waals surface area contributed by atoms with E-state index in [2.05, 4.69) is 5.32 Å². The molecule has 0 radical (unpaired) electrons. The number of primary amides is 1. The van der Waals surface area contributed by atoms with Gasteiger partial charge in [0, 0.05) is 6.42 Å². The van der Waals surface area contributed by atoms with Gasteiger partial charge in [0.25, 0.3) is 0 Å². The van der Waals surface area contributed by atoms with E-state index in [1.807, 2.05) is 20.8 Å². The number of carbonyl (C=O) groups excluding carboxylic acids is 3. The molecule has 1 aliphatic rings. The van der Waals surface area contributed by atoms with Gasteiger partial charge in [0.2, 0.25) is 17.7 Å². The number of hydrogen-bond donors (Lipinski definition) is 2. The molecule has 96 valence electrons. The number of hydrogen-bond acceptors (Lipinski definition) is 4. The Morgan fingerprint density at radius 1 is 1.47 bits per heavy atom. The first-order valence-corrected chi connectivity index (χ1v) is 5.56. The first kappa shape index (κ1) is 13.6. The molecule has 1 aliphatic heterocycles. The van der Waals surface area contributed by atoms with Crippen molar-refractivity contribution in [3.63, 3.8) is 0 Å². The molecule has 0 saturated carbocycles. The van der Waals surface area contributed by atoms with E-state index in [-0.39, 0.29) is 30.3 Å². The number of rotatable bonds is 2. The predicted molar refractivity (Wildman–Crippen MR) is 61.5 cm³/mol. The standard InChI is InChI=1S/C11H19N3O3/c1-11(2,3)5-9(16)14-6-13-7(10(12)17)4-8(14)15/h7,13H,4-6H2,1-3H3,(H2,12,17). The smallest absolute Gasteiger partial charge is 0.235 e. The summed E-state index contributed by atoms with van der Waals surface area (Å²) in [6.07, 6.45) is 0.243. The van der Waals surface area contributed by atoms with Crippen LogP contribution in [0.15, 0.2) is 0 Å². The molecule has 0 aromatic carbocycles. The molecule has 0 bridgehead atoms. The Morgan fingerprint density at radius 3 is 2.47 bits per heavy atom. The van der Waals surface area contributed by atoms with Crippen molar-refractivity contribution in [1.82, 2.24) is 10.2 Å². The van der Waals surface area contributed by atoms with E-state index >= 15 is 0 Å². The summed E-state index contributed by atoms with van der Waals surface area (Å²) < 4.78 is 0. The second-order valence-corrected chi connectivity index (χ2v) is 5.47. The van der Waals surface area contributed by atoms with E-state index in [0.717, 1.165) is 4.90 Å². The first-order valence-electron chi connectivity index (χ1n) is 5.56. The van der Waals surface area contributed by atoms with Gasteiger partial charge in [0.05, 0.1) is 19.1 Å². The molecule has 1 fully saturated rings. The summed E-state index contributed by atoms with van der Waals surface area (Å²) in [6, 6.07) is -0.666. The minimum absolute atomic E-state index is 0.0504. The van der Waals surface area contributed by atoms with Gasteiger partial charge in [0.15, 0.2) is 0 Å². The molecule has 1 heterocycles. The van der Waals surface area contributed by atoms with Gasteiger partial charge in [-0.1, -0.05) is 20.8 Å². The monoisotopic (exact) mass is 241 g/mol. The number of nitrogens with two attached hydrogens (primary N) is 1. The van der Waals surface area contributed by atoms with Gasteiger partial charge in [-0.05, 0) is 5.41 Å². The first-order chi connectivity index (χ1) is 7.70. The van der Waals surface area contributed by atoms with Crippen LogP contribution in [-0.2, 0) is 14.4 Å². The highest BCUT2D eigenvalue weighted by Crippen LogP contribution is 2.20. The Bertz CT molecular complexity index is 346. The highest BCUT2D eigenvalue weighted by Gasteiger charge is 2.33. The quantitative estimate of drug-likeness (QED) is 0.687. The molecule has 0 spiro atoms. The average molecular weight is 241 g/mol. The lowest BCUT2D eigenvalue weighted by atomic mass is 9.91. The van der Waals surface area contributed by atoms with Crippen molar-refractivity contribution >= 4 is 17.7 Å². The topological polar surface area (TPSA) is 92.5 Å². The molecular weight excluding hydrogens is 222 g/mol.